The van der Waals surface area contributed by atoms with Crippen LogP contribution in [0.1, 0.15) is 91.0 Å². The predicted molar refractivity (Wildman–Crippen MR) is 190 cm³/mol. The summed E-state index contributed by atoms with van der Waals surface area (Å²) in [4.78, 5) is 55.9. The Labute approximate surface area is 300 Å². The Morgan fingerprint density at radius 1 is 1.04 bits per heavy atom. The van der Waals surface area contributed by atoms with Gasteiger partial charge in [0, 0.05) is 34.9 Å². The highest BCUT2D eigenvalue weighted by Gasteiger charge is 2.46. The Morgan fingerprint density at radius 2 is 1.81 bits per heavy atom. The summed E-state index contributed by atoms with van der Waals surface area (Å²) < 4.78 is 24.7. The van der Waals surface area contributed by atoms with Crippen LogP contribution < -0.4 is 19.8 Å². The van der Waals surface area contributed by atoms with Crippen LogP contribution in [0.5, 0.6) is 17.2 Å². The van der Waals surface area contributed by atoms with Crippen LogP contribution in [0.4, 0.5) is 0 Å². The number of aromatic nitrogens is 2. The minimum Gasteiger partial charge on any atom is -0.494 e. The minimum atomic E-state index is -1.89. The summed E-state index contributed by atoms with van der Waals surface area (Å²) in [6.45, 7) is 11.3. The first-order valence-corrected chi connectivity index (χ1v) is 17.7. The largest absolute Gasteiger partial charge is 0.494 e. The number of carbonyl (C=O) groups is 3. The number of aryl methyl sites for hydroxylation is 1. The lowest BCUT2D eigenvalue weighted by Crippen LogP contribution is -2.44. The van der Waals surface area contributed by atoms with Crippen LogP contribution in [-0.4, -0.2) is 49.9 Å². The molecular formula is C40H42N2O10. The van der Waals surface area contributed by atoms with E-state index in [1.54, 1.807) is 24.5 Å². The lowest BCUT2D eigenvalue weighted by Gasteiger charge is -2.35. The van der Waals surface area contributed by atoms with Gasteiger partial charge in [-0.3, -0.25) is 9.59 Å². The number of cyclic esters (lactones) is 1. The highest BCUT2D eigenvalue weighted by atomic mass is 16.6. The van der Waals surface area contributed by atoms with Crippen LogP contribution in [-0.2, 0) is 50.7 Å². The minimum absolute atomic E-state index is 0.0740. The van der Waals surface area contributed by atoms with Crippen molar-refractivity contribution in [2.75, 3.05) is 6.61 Å². The third-order valence-corrected chi connectivity index (χ3v) is 11.1. The molecule has 2 atom stereocenters. The van der Waals surface area contributed by atoms with Gasteiger partial charge in [0.2, 0.25) is 5.60 Å². The average Bonchev–Trinajstić information content (AvgIpc) is 3.50. The van der Waals surface area contributed by atoms with Crippen molar-refractivity contribution in [3.05, 3.63) is 79.1 Å². The third-order valence-electron chi connectivity index (χ3n) is 11.1. The van der Waals surface area contributed by atoms with Gasteiger partial charge in [0.1, 0.15) is 23.9 Å². The number of hydrogen-bond donors (Lipinski definition) is 2. The number of aliphatic hydroxyl groups is 1. The molecule has 52 heavy (non-hydrogen) atoms. The molecular weight excluding hydrogens is 668 g/mol. The smallest absolute Gasteiger partial charge is 0.347 e. The van der Waals surface area contributed by atoms with Gasteiger partial charge in [-0.1, -0.05) is 13.8 Å². The highest BCUT2D eigenvalue weighted by Crippen LogP contribution is 2.44. The molecule has 2 aromatic carbocycles. The maximum atomic E-state index is 13.6. The van der Waals surface area contributed by atoms with Gasteiger partial charge in [0.05, 0.1) is 35.6 Å². The van der Waals surface area contributed by atoms with E-state index in [1.807, 2.05) is 45.9 Å². The number of benzene rings is 2. The summed E-state index contributed by atoms with van der Waals surface area (Å²) in [6, 6.07) is 7.33. The number of rotatable bonds is 9. The van der Waals surface area contributed by atoms with Crippen molar-refractivity contribution in [2.45, 2.75) is 104 Å². The van der Waals surface area contributed by atoms with Crippen molar-refractivity contribution < 1.29 is 43.5 Å². The van der Waals surface area contributed by atoms with Crippen molar-refractivity contribution in [1.82, 2.24) is 9.55 Å². The zero-order chi connectivity index (χ0) is 37.3. The van der Waals surface area contributed by atoms with E-state index in [2.05, 4.69) is 0 Å². The highest BCUT2D eigenvalue weighted by molar-refractivity contribution is 5.90. The predicted octanol–water partition coefficient (Wildman–Crippen LogP) is 5.50. The number of fused-ring (bicyclic) bond motifs is 6. The molecule has 5 heterocycles. The van der Waals surface area contributed by atoms with Crippen LogP contribution in [0.15, 0.2) is 29.1 Å². The zero-order valence-corrected chi connectivity index (χ0v) is 30.2. The molecule has 0 saturated heterocycles. The molecule has 2 aromatic heterocycles. The molecule has 2 N–H and O–H groups in total. The van der Waals surface area contributed by atoms with E-state index in [9.17, 15) is 29.4 Å². The van der Waals surface area contributed by atoms with Crippen molar-refractivity contribution in [1.29, 1.82) is 0 Å². The van der Waals surface area contributed by atoms with E-state index >= 15 is 0 Å². The Bertz CT molecular complexity index is 2270. The normalized spacial score (nSPS) is 19.9. The van der Waals surface area contributed by atoms with Gasteiger partial charge >= 0.3 is 17.9 Å². The molecule has 0 spiro atoms. The second kappa shape index (κ2) is 12.8. The van der Waals surface area contributed by atoms with Crippen LogP contribution in [0.2, 0.25) is 0 Å². The molecule has 3 aliphatic heterocycles. The Hall–Kier alpha value is -5.23. The standard InChI is InChI=1S/C40H42N2O10/c1-7-24-26-16-23(49-15-9-10-32(43)51-34-20(3)21(4)35-25(22(34)5)13-14-39(6,52-35)37(45)46)11-12-30(26)41-33-27(24)18-42-31(33)17-29-28(36(42)44)19-50-38(47)40(29,48)8-2/h11-12,16-17,48H,7-10,13-15,18-19H2,1-6H3,(H,45,46). The maximum Gasteiger partial charge on any atom is 0.347 e. The first-order valence-electron chi connectivity index (χ1n) is 17.7. The SMILES string of the molecule is CCc1c2c(nc3ccc(OCCCC(=O)Oc4c(C)c(C)c5c(c4C)CCC(C)(C(=O)O)O5)cc13)-c1cc3c(c(=O)n1C2)COC(=O)C3(O)CC. The number of pyridine rings is 2. The molecule has 0 radical (unpaired) electrons. The van der Waals surface area contributed by atoms with Crippen molar-refractivity contribution in [2.24, 2.45) is 0 Å². The Kier molecular flexibility index (Phi) is 8.64. The second-order valence-corrected chi connectivity index (χ2v) is 14.1. The summed E-state index contributed by atoms with van der Waals surface area (Å²) in [5.74, 6) is -0.499. The van der Waals surface area contributed by atoms with E-state index in [1.165, 1.54) is 0 Å². The maximum absolute atomic E-state index is 13.6. The summed E-state index contributed by atoms with van der Waals surface area (Å²) in [5, 5.41) is 21.8. The molecule has 12 heteroatoms. The van der Waals surface area contributed by atoms with Crippen molar-refractivity contribution in [3.8, 4) is 28.6 Å². The van der Waals surface area contributed by atoms with Crippen LogP contribution in [0.3, 0.4) is 0 Å². The van der Waals surface area contributed by atoms with Crippen LogP contribution in [0, 0.1) is 20.8 Å². The lowest BCUT2D eigenvalue weighted by molar-refractivity contribution is -0.172. The third kappa shape index (κ3) is 5.42. The molecule has 12 nitrogen and oxygen atoms in total. The molecule has 2 unspecified atom stereocenters. The first kappa shape index (κ1) is 35.2. The van der Waals surface area contributed by atoms with Crippen LogP contribution >= 0.6 is 0 Å². The number of aliphatic carboxylic acids is 1. The molecule has 0 fully saturated rings. The summed E-state index contributed by atoms with van der Waals surface area (Å²) >= 11 is 0. The fourth-order valence-corrected chi connectivity index (χ4v) is 7.74. The number of carboxylic acids is 1. The average molecular weight is 711 g/mol. The van der Waals surface area contributed by atoms with E-state index in [4.69, 9.17) is 23.9 Å². The van der Waals surface area contributed by atoms with Crippen molar-refractivity contribution >= 4 is 28.8 Å². The van der Waals surface area contributed by atoms with Gasteiger partial charge < -0.3 is 33.7 Å². The molecule has 0 saturated carbocycles. The molecule has 4 aromatic rings. The van der Waals surface area contributed by atoms with E-state index in [0.717, 1.165) is 44.3 Å². The van der Waals surface area contributed by atoms with E-state index in [0.29, 0.717) is 60.9 Å². The fourth-order valence-electron chi connectivity index (χ4n) is 7.74. The quantitative estimate of drug-likeness (QED) is 0.113. The van der Waals surface area contributed by atoms with Gasteiger partial charge in [-0.15, -0.1) is 0 Å². The number of carbonyl (C=O) groups excluding carboxylic acids is 2. The second-order valence-electron chi connectivity index (χ2n) is 14.1. The number of hydrogen-bond acceptors (Lipinski definition) is 10. The van der Waals surface area contributed by atoms with Gasteiger partial charge in [-0.25, -0.2) is 14.6 Å². The Morgan fingerprint density at radius 3 is 2.52 bits per heavy atom. The van der Waals surface area contributed by atoms with Gasteiger partial charge in [0.25, 0.3) is 5.56 Å². The summed E-state index contributed by atoms with van der Waals surface area (Å²) in [5.41, 5.74) is 4.07. The summed E-state index contributed by atoms with van der Waals surface area (Å²) in [6.07, 6.45) is 2.11. The topological polar surface area (TPSA) is 163 Å². The molecule has 0 bridgehead atoms. The first-order chi connectivity index (χ1) is 24.7. The van der Waals surface area contributed by atoms with Gasteiger partial charge in [0.15, 0.2) is 5.60 Å². The molecule has 272 valence electrons. The van der Waals surface area contributed by atoms with Gasteiger partial charge in [-0.05, 0) is 99.9 Å². The monoisotopic (exact) mass is 710 g/mol. The molecule has 3 aliphatic rings. The molecule has 7 rings (SSSR count). The van der Waals surface area contributed by atoms with E-state index in [-0.39, 0.29) is 42.7 Å². The summed E-state index contributed by atoms with van der Waals surface area (Å²) in [7, 11) is 0. The molecule has 0 aliphatic carbocycles. The molecule has 0 amide bonds. The van der Waals surface area contributed by atoms with Crippen LogP contribution in [0.25, 0.3) is 22.3 Å². The lowest BCUT2D eigenvalue weighted by atomic mass is 9.86. The number of esters is 2. The fraction of sp³-hybridized carbons (Fsp3) is 0.425. The van der Waals surface area contributed by atoms with Crippen molar-refractivity contribution in [3.63, 3.8) is 0 Å². The van der Waals surface area contributed by atoms with Gasteiger partial charge in [-0.2, -0.15) is 0 Å². The number of ether oxygens (including phenoxy) is 4. The number of nitrogens with zero attached hydrogens (tertiary/aromatic N) is 2. The van der Waals surface area contributed by atoms with E-state index < -0.39 is 29.1 Å². The number of carboxylic acid groups (broad SMARTS) is 1. The zero-order valence-electron chi connectivity index (χ0n) is 30.2. The Balaban J connectivity index is 1.06.